The summed E-state index contributed by atoms with van der Waals surface area (Å²) in [5.41, 5.74) is 6.86. The van der Waals surface area contributed by atoms with Gasteiger partial charge in [-0.3, -0.25) is 9.58 Å². The van der Waals surface area contributed by atoms with Crippen LogP contribution in [0, 0.1) is 6.92 Å². The third-order valence-corrected chi connectivity index (χ3v) is 2.33. The van der Waals surface area contributed by atoms with Crippen molar-refractivity contribution in [2.45, 2.75) is 19.6 Å². The molecule has 4 nitrogen and oxygen atoms in total. The lowest BCUT2D eigenvalue weighted by Crippen LogP contribution is -2.37. The van der Waals surface area contributed by atoms with E-state index >= 15 is 0 Å². The first kappa shape index (κ1) is 14.0. The Bertz CT molecular complexity index is 359. The Kier molecular flexibility index (Phi) is 4.53. The van der Waals surface area contributed by atoms with E-state index in [-0.39, 0.29) is 19.6 Å². The molecule has 0 fully saturated rings. The number of halogens is 3. The lowest BCUT2D eigenvalue weighted by atomic mass is 10.3. The quantitative estimate of drug-likeness (QED) is 0.849. The number of hydrogen-bond donors (Lipinski definition) is 1. The maximum atomic E-state index is 12.3. The van der Waals surface area contributed by atoms with E-state index in [1.165, 1.54) is 4.90 Å². The molecule has 0 saturated heterocycles. The van der Waals surface area contributed by atoms with Crippen molar-refractivity contribution in [3.8, 4) is 0 Å². The van der Waals surface area contributed by atoms with Crippen LogP contribution in [0.25, 0.3) is 0 Å². The Balaban J connectivity index is 2.69. The van der Waals surface area contributed by atoms with E-state index in [2.05, 4.69) is 5.10 Å². The number of rotatable bonds is 5. The first-order valence-electron chi connectivity index (χ1n) is 5.30. The number of nitrogens with zero attached hydrogens (tertiary/aromatic N) is 3. The number of alkyl halides is 3. The molecule has 0 aliphatic rings. The third-order valence-electron chi connectivity index (χ3n) is 2.33. The van der Waals surface area contributed by atoms with Crippen molar-refractivity contribution in [2.75, 3.05) is 19.6 Å². The smallest absolute Gasteiger partial charge is 0.329 e. The number of nitrogens with two attached hydrogens (primary N) is 1. The lowest BCUT2D eigenvalue weighted by Gasteiger charge is -2.22. The molecule has 0 spiro atoms. The van der Waals surface area contributed by atoms with Crippen molar-refractivity contribution < 1.29 is 13.2 Å². The Morgan fingerprint density at radius 2 is 2.12 bits per heavy atom. The summed E-state index contributed by atoms with van der Waals surface area (Å²) >= 11 is 0. The summed E-state index contributed by atoms with van der Waals surface area (Å²) < 4.78 is 38.6. The molecule has 1 aromatic rings. The fourth-order valence-electron chi connectivity index (χ4n) is 1.69. The van der Waals surface area contributed by atoms with Gasteiger partial charge in [0.05, 0.1) is 17.9 Å². The van der Waals surface area contributed by atoms with E-state index in [1.54, 1.807) is 24.7 Å². The van der Waals surface area contributed by atoms with Crippen LogP contribution in [0.3, 0.4) is 0 Å². The molecule has 0 radical (unpaired) electrons. The molecule has 0 aromatic carbocycles. The van der Waals surface area contributed by atoms with Crippen molar-refractivity contribution in [3.05, 3.63) is 17.5 Å². The molecule has 0 unspecified atom stereocenters. The summed E-state index contributed by atoms with van der Waals surface area (Å²) in [6, 6.07) is 1.78. The minimum atomic E-state index is -4.21. The van der Waals surface area contributed by atoms with Gasteiger partial charge in [0.15, 0.2) is 0 Å². The molecule has 1 heterocycles. The summed E-state index contributed by atoms with van der Waals surface area (Å²) in [7, 11) is 1.72. The second-order valence-corrected chi connectivity index (χ2v) is 4.02. The van der Waals surface area contributed by atoms with Gasteiger partial charge in [-0.2, -0.15) is 18.3 Å². The summed E-state index contributed by atoms with van der Waals surface area (Å²) in [6.07, 6.45) is -4.21. The highest BCUT2D eigenvalue weighted by molar-refractivity contribution is 5.08. The molecule has 7 heteroatoms. The van der Waals surface area contributed by atoms with Gasteiger partial charge in [0.2, 0.25) is 0 Å². The SMILES string of the molecule is Cc1cc(CN(CCN)CC(F)(F)F)n(C)n1. The van der Waals surface area contributed by atoms with Gasteiger partial charge in [-0.05, 0) is 13.0 Å². The van der Waals surface area contributed by atoms with Crippen LogP contribution < -0.4 is 5.73 Å². The molecule has 0 amide bonds. The highest BCUT2D eigenvalue weighted by Gasteiger charge is 2.30. The molecule has 0 saturated carbocycles. The van der Waals surface area contributed by atoms with Crippen molar-refractivity contribution in [1.82, 2.24) is 14.7 Å². The van der Waals surface area contributed by atoms with E-state index in [1.807, 2.05) is 0 Å². The normalized spacial score (nSPS) is 12.4. The third kappa shape index (κ3) is 4.74. The van der Waals surface area contributed by atoms with Crippen molar-refractivity contribution in [2.24, 2.45) is 12.8 Å². The number of hydrogen-bond acceptors (Lipinski definition) is 3. The summed E-state index contributed by atoms with van der Waals surface area (Å²) in [6.45, 7) is 1.47. The molecule has 1 rings (SSSR count). The number of aryl methyl sites for hydroxylation is 2. The highest BCUT2D eigenvalue weighted by Crippen LogP contribution is 2.17. The fourth-order valence-corrected chi connectivity index (χ4v) is 1.69. The molecule has 0 aliphatic heterocycles. The van der Waals surface area contributed by atoms with Gasteiger partial charge < -0.3 is 5.73 Å². The molecule has 98 valence electrons. The lowest BCUT2D eigenvalue weighted by molar-refractivity contribution is -0.147. The van der Waals surface area contributed by atoms with Crippen LogP contribution in [0.2, 0.25) is 0 Å². The van der Waals surface area contributed by atoms with Gasteiger partial charge in [0, 0.05) is 26.7 Å². The van der Waals surface area contributed by atoms with Crippen LogP contribution in [0.4, 0.5) is 13.2 Å². The first-order valence-corrected chi connectivity index (χ1v) is 5.30. The van der Waals surface area contributed by atoms with E-state index in [0.717, 1.165) is 11.4 Å². The maximum Gasteiger partial charge on any atom is 0.401 e. The standard InChI is InChI=1S/C10H17F3N4/c1-8-5-9(16(2)15-8)6-17(4-3-14)7-10(11,12)13/h5H,3-4,6-7,14H2,1-2H3. The van der Waals surface area contributed by atoms with Gasteiger partial charge in [-0.1, -0.05) is 0 Å². The van der Waals surface area contributed by atoms with Gasteiger partial charge in [0.25, 0.3) is 0 Å². The highest BCUT2D eigenvalue weighted by atomic mass is 19.4. The van der Waals surface area contributed by atoms with Gasteiger partial charge in [-0.15, -0.1) is 0 Å². The number of aromatic nitrogens is 2. The Morgan fingerprint density at radius 1 is 1.47 bits per heavy atom. The molecule has 0 atom stereocenters. The van der Waals surface area contributed by atoms with Gasteiger partial charge in [0.1, 0.15) is 0 Å². The molecule has 1 aromatic heterocycles. The zero-order valence-electron chi connectivity index (χ0n) is 9.96. The largest absolute Gasteiger partial charge is 0.401 e. The van der Waals surface area contributed by atoms with Crippen molar-refractivity contribution in [3.63, 3.8) is 0 Å². The predicted molar refractivity (Wildman–Crippen MR) is 58.3 cm³/mol. The Hall–Kier alpha value is -1.08. The average molecular weight is 250 g/mol. The molecule has 0 aliphatic carbocycles. The van der Waals surface area contributed by atoms with E-state index in [4.69, 9.17) is 5.73 Å². The summed E-state index contributed by atoms with van der Waals surface area (Å²) in [4.78, 5) is 1.27. The molecule has 0 bridgehead atoms. The molecule has 17 heavy (non-hydrogen) atoms. The van der Waals surface area contributed by atoms with Gasteiger partial charge in [-0.25, -0.2) is 0 Å². The topological polar surface area (TPSA) is 47.1 Å². The van der Waals surface area contributed by atoms with Crippen LogP contribution in [0.15, 0.2) is 6.07 Å². The Morgan fingerprint density at radius 3 is 2.53 bits per heavy atom. The molecule has 2 N–H and O–H groups in total. The minimum Gasteiger partial charge on any atom is -0.329 e. The van der Waals surface area contributed by atoms with Crippen LogP contribution >= 0.6 is 0 Å². The summed E-state index contributed by atoms with van der Waals surface area (Å²) in [5, 5.41) is 4.10. The molecular formula is C10H17F3N4. The van der Waals surface area contributed by atoms with Crippen LogP contribution in [-0.2, 0) is 13.6 Å². The van der Waals surface area contributed by atoms with E-state index in [9.17, 15) is 13.2 Å². The van der Waals surface area contributed by atoms with E-state index < -0.39 is 12.7 Å². The minimum absolute atomic E-state index is 0.201. The monoisotopic (exact) mass is 250 g/mol. The predicted octanol–water partition coefficient (Wildman–Crippen LogP) is 1.05. The zero-order chi connectivity index (χ0) is 13.1. The van der Waals surface area contributed by atoms with Crippen LogP contribution in [0.1, 0.15) is 11.4 Å². The molecular weight excluding hydrogens is 233 g/mol. The second-order valence-electron chi connectivity index (χ2n) is 4.02. The Labute approximate surface area is 98.2 Å². The fraction of sp³-hybridized carbons (Fsp3) is 0.700. The second kappa shape index (κ2) is 5.50. The van der Waals surface area contributed by atoms with Crippen LogP contribution in [0.5, 0.6) is 0 Å². The average Bonchev–Trinajstić information content (AvgIpc) is 2.42. The summed E-state index contributed by atoms with van der Waals surface area (Å²) in [5.74, 6) is 0. The zero-order valence-corrected chi connectivity index (χ0v) is 9.96. The van der Waals surface area contributed by atoms with E-state index in [0.29, 0.717) is 0 Å². The first-order chi connectivity index (χ1) is 7.81. The van der Waals surface area contributed by atoms with Crippen LogP contribution in [-0.4, -0.2) is 40.5 Å². The van der Waals surface area contributed by atoms with Crippen molar-refractivity contribution >= 4 is 0 Å². The van der Waals surface area contributed by atoms with Crippen molar-refractivity contribution in [1.29, 1.82) is 0 Å². The van der Waals surface area contributed by atoms with Gasteiger partial charge >= 0.3 is 6.18 Å². The maximum absolute atomic E-state index is 12.3.